The molecular weight excluding hydrogens is 358 g/mol. The van der Waals surface area contributed by atoms with Crippen LogP contribution in [0.2, 0.25) is 0 Å². The Morgan fingerprint density at radius 3 is 2.21 bits per heavy atom. The van der Waals surface area contributed by atoms with Crippen molar-refractivity contribution in [3.63, 3.8) is 0 Å². The summed E-state index contributed by atoms with van der Waals surface area (Å²) in [4.78, 5) is 40.9. The Morgan fingerprint density at radius 1 is 1.25 bits per heavy atom. The predicted molar refractivity (Wildman–Crippen MR) is 110 cm³/mol. The molecule has 0 spiro atoms. The number of nitrogens with one attached hydrogen (secondary N) is 1. The van der Waals surface area contributed by atoms with Crippen LogP contribution < -0.4 is 5.32 Å². The maximum Gasteiger partial charge on any atom is 0.331 e. The van der Waals surface area contributed by atoms with Crippen LogP contribution in [0.25, 0.3) is 0 Å². The zero-order chi connectivity index (χ0) is 21.8. The van der Waals surface area contributed by atoms with Gasteiger partial charge in [-0.25, -0.2) is 4.79 Å². The minimum Gasteiger partial charge on any atom is -0.478 e. The maximum absolute atomic E-state index is 13.3. The monoisotopic (exact) mass is 395 g/mol. The lowest BCUT2D eigenvalue weighted by atomic mass is 9.85. The third-order valence-corrected chi connectivity index (χ3v) is 5.46. The van der Waals surface area contributed by atoms with Crippen LogP contribution in [0.4, 0.5) is 0 Å². The molecule has 0 aromatic rings. The molecule has 1 saturated heterocycles. The number of carbonyl (C=O) groups is 3. The quantitative estimate of drug-likeness (QED) is 0.645. The molecule has 2 amide bonds. The molecule has 1 aliphatic heterocycles. The molecule has 0 aromatic heterocycles. The summed E-state index contributed by atoms with van der Waals surface area (Å²) in [5.41, 5.74) is -0.284. The van der Waals surface area contributed by atoms with E-state index in [1.807, 2.05) is 46.6 Å². The van der Waals surface area contributed by atoms with E-state index in [1.165, 1.54) is 6.92 Å². The van der Waals surface area contributed by atoms with Gasteiger partial charge in [0.1, 0.15) is 6.04 Å². The van der Waals surface area contributed by atoms with Crippen LogP contribution in [0.3, 0.4) is 0 Å². The van der Waals surface area contributed by atoms with Gasteiger partial charge in [0.05, 0.1) is 12.1 Å². The lowest BCUT2D eigenvalue weighted by molar-refractivity contribution is -0.141. The molecule has 160 valence electrons. The molecule has 0 aliphatic carbocycles. The first-order valence-corrected chi connectivity index (χ1v) is 9.96. The minimum atomic E-state index is -1.00. The summed E-state index contributed by atoms with van der Waals surface area (Å²) >= 11 is 0. The highest BCUT2D eigenvalue weighted by Crippen LogP contribution is 2.25. The number of hydrogen-bond acceptors (Lipinski definition) is 4. The fraction of sp³-hybridized carbons (Fsp3) is 0.762. The number of carboxylic acids is 1. The summed E-state index contributed by atoms with van der Waals surface area (Å²) in [5.74, 6) is -1.31. The van der Waals surface area contributed by atoms with E-state index < -0.39 is 17.4 Å². The van der Waals surface area contributed by atoms with E-state index in [4.69, 9.17) is 0 Å². The standard InChI is InChI=1S/C21H37N3O4/c1-13(2)16(12-14(3)20(27)28)24(8)19(26)17(21(4,5)6)22-18(25)15-10-9-11-23(15)7/h12-13,15-17H,9-11H2,1-8H3,(H,22,25)(H,27,28)/b14-12+. The van der Waals surface area contributed by atoms with E-state index in [1.54, 1.807) is 18.0 Å². The van der Waals surface area contributed by atoms with Gasteiger partial charge in [-0.1, -0.05) is 40.7 Å². The molecule has 0 bridgehead atoms. The lowest BCUT2D eigenvalue weighted by Gasteiger charge is -2.38. The number of hydrogen-bond donors (Lipinski definition) is 2. The fourth-order valence-corrected chi connectivity index (χ4v) is 3.56. The van der Waals surface area contributed by atoms with Gasteiger partial charge in [0.25, 0.3) is 0 Å². The van der Waals surface area contributed by atoms with Crippen molar-refractivity contribution < 1.29 is 19.5 Å². The first-order valence-electron chi connectivity index (χ1n) is 9.96. The highest BCUT2D eigenvalue weighted by atomic mass is 16.4. The zero-order valence-corrected chi connectivity index (χ0v) is 18.6. The largest absolute Gasteiger partial charge is 0.478 e. The normalized spacial score (nSPS) is 20.8. The Labute approximate surface area is 169 Å². The Morgan fingerprint density at radius 2 is 1.82 bits per heavy atom. The van der Waals surface area contributed by atoms with Gasteiger partial charge in [-0.15, -0.1) is 0 Å². The Hall–Kier alpha value is -1.89. The van der Waals surface area contributed by atoms with Gasteiger partial charge in [-0.3, -0.25) is 14.5 Å². The van der Waals surface area contributed by atoms with E-state index in [0.29, 0.717) is 0 Å². The minimum absolute atomic E-state index is 0.0283. The second kappa shape index (κ2) is 9.54. The first-order chi connectivity index (χ1) is 12.8. The van der Waals surface area contributed by atoms with Crippen molar-refractivity contribution in [1.29, 1.82) is 0 Å². The number of likely N-dealkylation sites (tertiary alicyclic amines) is 1. The van der Waals surface area contributed by atoms with E-state index in [0.717, 1.165) is 19.4 Å². The summed E-state index contributed by atoms with van der Waals surface area (Å²) < 4.78 is 0. The van der Waals surface area contributed by atoms with Gasteiger partial charge in [0.2, 0.25) is 11.8 Å². The Kier molecular flexibility index (Phi) is 8.23. The Balaban J connectivity index is 3.09. The molecular formula is C21H37N3O4. The SMILES string of the molecule is C/C(=C\C(C(C)C)N(C)C(=O)C(NC(=O)C1CCCN1C)C(C)(C)C)C(=O)O. The molecule has 2 N–H and O–H groups in total. The molecule has 28 heavy (non-hydrogen) atoms. The molecule has 7 heteroatoms. The molecule has 0 radical (unpaired) electrons. The molecule has 3 atom stereocenters. The Bertz CT molecular complexity index is 622. The van der Waals surface area contributed by atoms with Crippen molar-refractivity contribution in [2.24, 2.45) is 11.3 Å². The van der Waals surface area contributed by atoms with E-state index in [9.17, 15) is 19.5 Å². The predicted octanol–water partition coefficient (Wildman–Crippen LogP) is 2.13. The third kappa shape index (κ3) is 6.06. The molecule has 0 saturated carbocycles. The number of aliphatic carboxylic acids is 1. The summed E-state index contributed by atoms with van der Waals surface area (Å²) in [6.07, 6.45) is 3.37. The van der Waals surface area contributed by atoms with Crippen LogP contribution in [-0.2, 0) is 14.4 Å². The average molecular weight is 396 g/mol. The van der Waals surface area contributed by atoms with Crippen LogP contribution in [-0.4, -0.2) is 71.5 Å². The van der Waals surface area contributed by atoms with Crippen molar-refractivity contribution in [2.45, 2.75) is 72.5 Å². The van der Waals surface area contributed by atoms with Gasteiger partial charge in [-0.05, 0) is 44.7 Å². The second-order valence-electron chi connectivity index (χ2n) is 9.28. The topological polar surface area (TPSA) is 90.0 Å². The molecule has 1 aliphatic rings. The van der Waals surface area contributed by atoms with Crippen LogP contribution in [0.5, 0.6) is 0 Å². The van der Waals surface area contributed by atoms with E-state index in [2.05, 4.69) is 5.32 Å². The van der Waals surface area contributed by atoms with Crippen molar-refractivity contribution in [3.8, 4) is 0 Å². The van der Waals surface area contributed by atoms with Crippen molar-refractivity contribution in [3.05, 3.63) is 11.6 Å². The van der Waals surface area contributed by atoms with Crippen molar-refractivity contribution in [2.75, 3.05) is 20.6 Å². The molecule has 7 nitrogen and oxygen atoms in total. The molecule has 1 heterocycles. The fourth-order valence-electron chi connectivity index (χ4n) is 3.56. The molecule has 1 fully saturated rings. The number of rotatable bonds is 7. The summed E-state index contributed by atoms with van der Waals surface area (Å²) in [7, 11) is 3.59. The number of likely N-dealkylation sites (N-methyl/N-ethyl adjacent to an activating group) is 2. The number of carbonyl (C=O) groups excluding carboxylic acids is 2. The smallest absolute Gasteiger partial charge is 0.331 e. The molecule has 0 aromatic carbocycles. The average Bonchev–Trinajstić information content (AvgIpc) is 3.00. The van der Waals surface area contributed by atoms with E-state index in [-0.39, 0.29) is 35.4 Å². The summed E-state index contributed by atoms with van der Waals surface area (Å²) in [6.45, 7) is 12.0. The molecule has 1 rings (SSSR count). The third-order valence-electron chi connectivity index (χ3n) is 5.46. The highest BCUT2D eigenvalue weighted by molar-refractivity contribution is 5.91. The van der Waals surface area contributed by atoms with Crippen molar-refractivity contribution in [1.82, 2.24) is 15.1 Å². The first kappa shape index (κ1) is 24.1. The number of nitrogens with zero attached hydrogens (tertiary/aromatic N) is 2. The van der Waals surface area contributed by atoms with Gasteiger partial charge < -0.3 is 15.3 Å². The lowest BCUT2D eigenvalue weighted by Crippen LogP contribution is -2.58. The van der Waals surface area contributed by atoms with E-state index >= 15 is 0 Å². The van der Waals surface area contributed by atoms with Gasteiger partial charge in [0.15, 0.2) is 0 Å². The maximum atomic E-state index is 13.3. The van der Waals surface area contributed by atoms with Gasteiger partial charge in [0, 0.05) is 12.6 Å². The zero-order valence-electron chi connectivity index (χ0n) is 18.6. The number of amides is 2. The summed E-state index contributed by atoms with van der Waals surface area (Å²) in [6, 6.07) is -1.28. The van der Waals surface area contributed by atoms with Gasteiger partial charge >= 0.3 is 5.97 Å². The van der Waals surface area contributed by atoms with Gasteiger partial charge in [-0.2, -0.15) is 0 Å². The number of carboxylic acid groups (broad SMARTS) is 1. The van der Waals surface area contributed by atoms with Crippen LogP contribution in [0.1, 0.15) is 54.4 Å². The van der Waals surface area contributed by atoms with Crippen LogP contribution in [0, 0.1) is 11.3 Å². The van der Waals surface area contributed by atoms with Crippen LogP contribution in [0.15, 0.2) is 11.6 Å². The summed E-state index contributed by atoms with van der Waals surface area (Å²) in [5, 5.41) is 12.2. The second-order valence-corrected chi connectivity index (χ2v) is 9.28. The van der Waals surface area contributed by atoms with Crippen molar-refractivity contribution >= 4 is 17.8 Å². The highest BCUT2D eigenvalue weighted by Gasteiger charge is 2.39. The van der Waals surface area contributed by atoms with Crippen LogP contribution >= 0.6 is 0 Å². The molecule has 3 unspecified atom stereocenters.